The number of methoxy groups -OCH3 is 1. The number of hydrogen-bond donors (Lipinski definition) is 2. The Kier molecular flexibility index (Phi) is 3.90. The molecule has 0 saturated heterocycles. The Morgan fingerprint density at radius 2 is 1.90 bits per heavy atom. The summed E-state index contributed by atoms with van der Waals surface area (Å²) in [4.78, 5) is 30.2. The van der Waals surface area contributed by atoms with Crippen LogP contribution in [-0.2, 0) is 4.74 Å². The van der Waals surface area contributed by atoms with E-state index >= 15 is 0 Å². The predicted octanol–water partition coefficient (Wildman–Crippen LogP) is 1.11. The standard InChI is InChI=1S/C13H12N4O3/c1-20-13(19)10-6-15-7-11(17-10)16-9-4-2-8(3-5-9)12(14)18/h2-7H,1H3,(H2,14,18)(H,16,17). The van der Waals surface area contributed by atoms with Crippen molar-refractivity contribution in [1.29, 1.82) is 0 Å². The van der Waals surface area contributed by atoms with Gasteiger partial charge in [0.25, 0.3) is 0 Å². The Hall–Kier alpha value is -2.96. The fraction of sp³-hybridized carbons (Fsp3) is 0.0769. The van der Waals surface area contributed by atoms with Crippen molar-refractivity contribution in [2.24, 2.45) is 5.73 Å². The highest BCUT2D eigenvalue weighted by atomic mass is 16.5. The molecule has 0 aliphatic rings. The van der Waals surface area contributed by atoms with Gasteiger partial charge in [-0.2, -0.15) is 0 Å². The molecule has 0 spiro atoms. The first-order valence-electron chi connectivity index (χ1n) is 5.67. The second-order valence-corrected chi connectivity index (χ2v) is 3.85. The zero-order chi connectivity index (χ0) is 14.5. The summed E-state index contributed by atoms with van der Waals surface area (Å²) in [6.07, 6.45) is 2.78. The number of hydrogen-bond acceptors (Lipinski definition) is 6. The van der Waals surface area contributed by atoms with Crippen LogP contribution in [0.15, 0.2) is 36.7 Å². The highest BCUT2D eigenvalue weighted by molar-refractivity contribution is 5.93. The van der Waals surface area contributed by atoms with Gasteiger partial charge in [0.05, 0.1) is 19.5 Å². The smallest absolute Gasteiger partial charge is 0.358 e. The van der Waals surface area contributed by atoms with E-state index in [2.05, 4.69) is 20.0 Å². The summed E-state index contributed by atoms with van der Waals surface area (Å²) in [6.45, 7) is 0. The number of primary amides is 1. The van der Waals surface area contributed by atoms with Gasteiger partial charge >= 0.3 is 5.97 Å². The molecule has 0 atom stereocenters. The lowest BCUT2D eigenvalue weighted by atomic mass is 10.2. The lowest BCUT2D eigenvalue weighted by Crippen LogP contribution is -2.10. The minimum Gasteiger partial charge on any atom is -0.464 e. The molecule has 2 aromatic rings. The van der Waals surface area contributed by atoms with E-state index in [0.717, 1.165) is 0 Å². The number of amides is 1. The van der Waals surface area contributed by atoms with Crippen molar-refractivity contribution in [2.45, 2.75) is 0 Å². The largest absolute Gasteiger partial charge is 0.464 e. The number of anilines is 2. The summed E-state index contributed by atoms with van der Waals surface area (Å²) in [5, 5.41) is 2.96. The first-order chi connectivity index (χ1) is 9.60. The van der Waals surface area contributed by atoms with Gasteiger partial charge in [-0.15, -0.1) is 0 Å². The van der Waals surface area contributed by atoms with Crippen LogP contribution in [-0.4, -0.2) is 29.0 Å². The number of aromatic nitrogens is 2. The molecule has 1 aromatic heterocycles. The molecule has 20 heavy (non-hydrogen) atoms. The van der Waals surface area contributed by atoms with Gasteiger partial charge < -0.3 is 15.8 Å². The number of esters is 1. The average molecular weight is 272 g/mol. The number of nitrogens with zero attached hydrogens (tertiary/aromatic N) is 2. The Labute approximate surface area is 114 Å². The summed E-state index contributed by atoms with van der Waals surface area (Å²) in [5.41, 5.74) is 6.35. The number of rotatable bonds is 4. The molecule has 2 rings (SSSR count). The van der Waals surface area contributed by atoms with Crippen LogP contribution in [0.1, 0.15) is 20.8 Å². The van der Waals surface area contributed by atoms with Crippen molar-refractivity contribution in [3.63, 3.8) is 0 Å². The van der Waals surface area contributed by atoms with Gasteiger partial charge in [0, 0.05) is 11.3 Å². The van der Waals surface area contributed by atoms with Crippen LogP contribution in [0.5, 0.6) is 0 Å². The average Bonchev–Trinajstić information content (AvgIpc) is 2.47. The highest BCUT2D eigenvalue weighted by Gasteiger charge is 2.08. The van der Waals surface area contributed by atoms with Crippen LogP contribution in [0, 0.1) is 0 Å². The molecule has 0 saturated carbocycles. The van der Waals surface area contributed by atoms with Crippen molar-refractivity contribution in [2.75, 3.05) is 12.4 Å². The molecular weight excluding hydrogens is 260 g/mol. The normalized spacial score (nSPS) is 9.85. The van der Waals surface area contributed by atoms with Crippen LogP contribution in [0.25, 0.3) is 0 Å². The second kappa shape index (κ2) is 5.79. The Balaban J connectivity index is 2.17. The molecule has 0 radical (unpaired) electrons. The van der Waals surface area contributed by atoms with Gasteiger partial charge in [-0.3, -0.25) is 9.78 Å². The number of benzene rings is 1. The van der Waals surface area contributed by atoms with Gasteiger partial charge in [0.1, 0.15) is 5.82 Å². The van der Waals surface area contributed by atoms with Crippen molar-refractivity contribution in [3.8, 4) is 0 Å². The van der Waals surface area contributed by atoms with E-state index in [0.29, 0.717) is 17.1 Å². The molecule has 7 nitrogen and oxygen atoms in total. The summed E-state index contributed by atoms with van der Waals surface area (Å²) >= 11 is 0. The first-order valence-corrected chi connectivity index (χ1v) is 5.67. The van der Waals surface area contributed by atoms with Crippen molar-refractivity contribution >= 4 is 23.4 Å². The summed E-state index contributed by atoms with van der Waals surface area (Å²) in [5.74, 6) is -0.672. The van der Waals surface area contributed by atoms with Crippen LogP contribution in [0.4, 0.5) is 11.5 Å². The molecule has 0 bridgehead atoms. The van der Waals surface area contributed by atoms with E-state index in [1.807, 2.05) is 0 Å². The zero-order valence-electron chi connectivity index (χ0n) is 10.7. The van der Waals surface area contributed by atoms with Crippen LogP contribution >= 0.6 is 0 Å². The molecule has 0 aliphatic heterocycles. The lowest BCUT2D eigenvalue weighted by Gasteiger charge is -2.06. The van der Waals surface area contributed by atoms with Gasteiger partial charge in [-0.1, -0.05) is 0 Å². The number of carbonyl (C=O) groups is 2. The third kappa shape index (κ3) is 3.08. The second-order valence-electron chi connectivity index (χ2n) is 3.85. The number of carbonyl (C=O) groups excluding carboxylic acids is 2. The fourth-order valence-electron chi connectivity index (χ4n) is 1.49. The number of nitrogens with two attached hydrogens (primary N) is 1. The minimum atomic E-state index is -0.565. The maximum Gasteiger partial charge on any atom is 0.358 e. The van der Waals surface area contributed by atoms with Crippen molar-refractivity contribution in [1.82, 2.24) is 9.97 Å². The molecule has 0 unspecified atom stereocenters. The molecule has 102 valence electrons. The molecule has 1 aromatic carbocycles. The summed E-state index contributed by atoms with van der Waals surface area (Å²) in [6, 6.07) is 6.52. The van der Waals surface area contributed by atoms with E-state index in [1.165, 1.54) is 19.5 Å². The van der Waals surface area contributed by atoms with Gasteiger partial charge in [0.15, 0.2) is 5.69 Å². The molecule has 1 amide bonds. The van der Waals surface area contributed by atoms with Crippen molar-refractivity contribution < 1.29 is 14.3 Å². The SMILES string of the molecule is COC(=O)c1cncc(Nc2ccc(C(N)=O)cc2)n1. The topological polar surface area (TPSA) is 107 Å². The number of nitrogens with one attached hydrogen (secondary N) is 1. The predicted molar refractivity (Wildman–Crippen MR) is 71.6 cm³/mol. The molecule has 3 N–H and O–H groups in total. The van der Waals surface area contributed by atoms with Crippen molar-refractivity contribution in [3.05, 3.63) is 47.9 Å². The number of ether oxygens (including phenoxy) is 1. The first kappa shape index (κ1) is 13.5. The quantitative estimate of drug-likeness (QED) is 0.807. The lowest BCUT2D eigenvalue weighted by molar-refractivity contribution is 0.0593. The summed E-state index contributed by atoms with van der Waals surface area (Å²) in [7, 11) is 1.27. The molecule has 7 heteroatoms. The molecule has 0 fully saturated rings. The monoisotopic (exact) mass is 272 g/mol. The maximum absolute atomic E-state index is 11.3. The highest BCUT2D eigenvalue weighted by Crippen LogP contribution is 2.15. The van der Waals surface area contributed by atoms with E-state index in [9.17, 15) is 9.59 Å². The van der Waals surface area contributed by atoms with Gasteiger partial charge in [0.2, 0.25) is 5.91 Å². The molecule has 0 aliphatic carbocycles. The third-order valence-electron chi connectivity index (χ3n) is 2.47. The van der Waals surface area contributed by atoms with Crippen LogP contribution in [0.3, 0.4) is 0 Å². The molecule has 1 heterocycles. The Morgan fingerprint density at radius 3 is 2.50 bits per heavy atom. The fourth-order valence-corrected chi connectivity index (χ4v) is 1.49. The summed E-state index contributed by atoms with van der Waals surface area (Å²) < 4.78 is 4.56. The van der Waals surface area contributed by atoms with E-state index in [-0.39, 0.29) is 5.69 Å². The van der Waals surface area contributed by atoms with Gasteiger partial charge in [-0.25, -0.2) is 9.78 Å². The van der Waals surface area contributed by atoms with Crippen LogP contribution in [0.2, 0.25) is 0 Å². The Morgan fingerprint density at radius 1 is 1.20 bits per heavy atom. The maximum atomic E-state index is 11.3. The van der Waals surface area contributed by atoms with Crippen LogP contribution < -0.4 is 11.1 Å². The van der Waals surface area contributed by atoms with E-state index in [1.54, 1.807) is 24.3 Å². The Bertz CT molecular complexity index is 640. The molecular formula is C13H12N4O3. The van der Waals surface area contributed by atoms with Gasteiger partial charge in [-0.05, 0) is 24.3 Å². The van der Waals surface area contributed by atoms with E-state index < -0.39 is 11.9 Å². The van der Waals surface area contributed by atoms with E-state index in [4.69, 9.17) is 5.73 Å². The minimum absolute atomic E-state index is 0.103. The zero-order valence-corrected chi connectivity index (χ0v) is 10.7. The third-order valence-corrected chi connectivity index (χ3v) is 2.47.